The fourth-order valence-electron chi connectivity index (χ4n) is 3.43. The molecule has 0 radical (unpaired) electrons. The van der Waals surface area contributed by atoms with Crippen LogP contribution >= 0.6 is 11.3 Å². The highest BCUT2D eigenvalue weighted by Crippen LogP contribution is 2.52. The predicted molar refractivity (Wildman–Crippen MR) is 110 cm³/mol. The van der Waals surface area contributed by atoms with E-state index >= 15 is 0 Å². The smallest absolute Gasteiger partial charge is 0.456 e. The second kappa shape index (κ2) is 6.69. The highest BCUT2D eigenvalue weighted by atomic mass is 32.1. The van der Waals surface area contributed by atoms with E-state index in [0.717, 1.165) is 43.8 Å². The number of rotatable bonds is 2. The van der Waals surface area contributed by atoms with E-state index in [4.69, 9.17) is 14.2 Å². The van der Waals surface area contributed by atoms with E-state index in [9.17, 15) is 4.79 Å². The number of hydrogen-bond acceptors (Lipinski definition) is 5. The number of carbonyl (C=O) groups excluding carboxylic acids is 1. The maximum Gasteiger partial charge on any atom is 0.514 e. The summed E-state index contributed by atoms with van der Waals surface area (Å²) in [5.74, 6) is 1.56. The molecule has 1 aliphatic rings. The first-order chi connectivity index (χ1) is 13.7. The molecule has 0 unspecified atom stereocenters. The lowest BCUT2D eigenvalue weighted by Gasteiger charge is -2.10. The van der Waals surface area contributed by atoms with Crippen LogP contribution in [0.15, 0.2) is 66.7 Å². The lowest BCUT2D eigenvalue weighted by molar-refractivity contribution is 0.105. The van der Waals surface area contributed by atoms with Gasteiger partial charge in [-0.05, 0) is 35.9 Å². The van der Waals surface area contributed by atoms with E-state index in [-0.39, 0.29) is 6.61 Å². The molecule has 0 N–H and O–H groups in total. The molecule has 0 saturated heterocycles. The first-order valence-corrected chi connectivity index (χ1v) is 9.83. The summed E-state index contributed by atoms with van der Waals surface area (Å²) >= 11 is 1.41. The van der Waals surface area contributed by atoms with Gasteiger partial charge < -0.3 is 14.2 Å². The molecule has 138 valence electrons. The number of benzene rings is 3. The van der Waals surface area contributed by atoms with Crippen molar-refractivity contribution in [1.82, 2.24) is 0 Å². The zero-order valence-electron chi connectivity index (χ0n) is 15.1. The Morgan fingerprint density at radius 3 is 2.46 bits per heavy atom. The van der Waals surface area contributed by atoms with Crippen LogP contribution in [0.3, 0.4) is 0 Å². The molecule has 0 atom stereocenters. The van der Waals surface area contributed by atoms with E-state index in [2.05, 4.69) is 24.3 Å². The summed E-state index contributed by atoms with van der Waals surface area (Å²) in [6, 6.07) is 22.1. The van der Waals surface area contributed by atoms with Crippen molar-refractivity contribution in [2.24, 2.45) is 0 Å². The summed E-state index contributed by atoms with van der Waals surface area (Å²) in [7, 11) is 0. The summed E-state index contributed by atoms with van der Waals surface area (Å²) in [4.78, 5) is 12.8. The fraction of sp³-hybridized carbons (Fsp3) is 0.0870. The fourth-order valence-corrected chi connectivity index (χ4v) is 4.46. The van der Waals surface area contributed by atoms with Crippen LogP contribution in [-0.4, -0.2) is 12.8 Å². The molecule has 0 fully saturated rings. The van der Waals surface area contributed by atoms with E-state index < -0.39 is 6.16 Å². The topological polar surface area (TPSA) is 44.8 Å². The number of hydrogen-bond donors (Lipinski definition) is 0. The van der Waals surface area contributed by atoms with Gasteiger partial charge in [0.25, 0.3) is 0 Å². The van der Waals surface area contributed by atoms with Gasteiger partial charge in [0.1, 0.15) is 11.5 Å². The van der Waals surface area contributed by atoms with Crippen molar-refractivity contribution >= 4 is 28.3 Å². The molecule has 0 saturated carbocycles. The predicted octanol–water partition coefficient (Wildman–Crippen LogP) is 6.88. The summed E-state index contributed by atoms with van der Waals surface area (Å²) in [5, 5.41) is 2.74. The van der Waals surface area contributed by atoms with Gasteiger partial charge in [0.2, 0.25) is 0 Å². The van der Waals surface area contributed by atoms with Gasteiger partial charge in [-0.1, -0.05) is 53.8 Å². The van der Waals surface area contributed by atoms with Gasteiger partial charge in [-0.2, -0.15) is 0 Å². The normalized spacial score (nSPS) is 11.6. The Bertz CT molecular complexity index is 1210. The molecular formula is C23H16O4S. The average molecular weight is 388 g/mol. The summed E-state index contributed by atoms with van der Waals surface area (Å²) in [6.45, 7) is 2.02. The van der Waals surface area contributed by atoms with Crippen LogP contribution in [-0.2, 0) is 4.74 Å². The van der Waals surface area contributed by atoms with Crippen LogP contribution in [0.25, 0.3) is 32.3 Å². The number of carbonyl (C=O) groups is 1. The quantitative estimate of drug-likeness (QED) is 0.309. The molecule has 0 aliphatic carbocycles. The Morgan fingerprint density at radius 1 is 0.893 bits per heavy atom. The SMILES string of the molecule is CCOC(=O)Oc1cc2c(s1)-c1cc3ccccc3cc1Oc1ccccc1-2. The Balaban J connectivity index is 1.73. The van der Waals surface area contributed by atoms with Crippen LogP contribution < -0.4 is 9.47 Å². The van der Waals surface area contributed by atoms with E-state index in [1.54, 1.807) is 6.92 Å². The first-order valence-electron chi connectivity index (χ1n) is 9.02. The largest absolute Gasteiger partial charge is 0.514 e. The molecule has 0 amide bonds. The zero-order chi connectivity index (χ0) is 19.1. The average Bonchev–Trinajstić information content (AvgIpc) is 3.06. The molecule has 4 aromatic rings. The van der Waals surface area contributed by atoms with Gasteiger partial charge in [-0.15, -0.1) is 0 Å². The maximum atomic E-state index is 11.8. The van der Waals surface area contributed by atoms with Crippen LogP contribution in [0.1, 0.15) is 6.92 Å². The van der Waals surface area contributed by atoms with Crippen molar-refractivity contribution in [2.75, 3.05) is 6.61 Å². The number of thiophene rings is 1. The van der Waals surface area contributed by atoms with Crippen molar-refractivity contribution in [3.8, 4) is 38.1 Å². The van der Waals surface area contributed by atoms with Gasteiger partial charge >= 0.3 is 6.16 Å². The summed E-state index contributed by atoms with van der Waals surface area (Å²) in [6.07, 6.45) is -0.692. The molecule has 0 bridgehead atoms. The summed E-state index contributed by atoms with van der Waals surface area (Å²) < 4.78 is 16.6. The third kappa shape index (κ3) is 2.80. The second-order valence-electron chi connectivity index (χ2n) is 6.39. The monoisotopic (exact) mass is 388 g/mol. The van der Waals surface area contributed by atoms with Gasteiger partial charge in [0, 0.05) is 27.6 Å². The molecule has 5 rings (SSSR count). The number of fused-ring (bicyclic) bond motifs is 6. The highest BCUT2D eigenvalue weighted by Gasteiger charge is 2.25. The van der Waals surface area contributed by atoms with Crippen molar-refractivity contribution in [3.63, 3.8) is 0 Å². The molecule has 2 heterocycles. The van der Waals surface area contributed by atoms with Gasteiger partial charge in [0.15, 0.2) is 5.06 Å². The molecule has 4 nitrogen and oxygen atoms in total. The van der Waals surface area contributed by atoms with Crippen LogP contribution in [0, 0.1) is 0 Å². The Labute approximate surface area is 165 Å². The first kappa shape index (κ1) is 16.8. The van der Waals surface area contributed by atoms with Crippen molar-refractivity contribution < 1.29 is 19.0 Å². The Morgan fingerprint density at radius 2 is 1.64 bits per heavy atom. The minimum atomic E-state index is -0.692. The minimum Gasteiger partial charge on any atom is -0.456 e. The molecule has 5 heteroatoms. The highest BCUT2D eigenvalue weighted by molar-refractivity contribution is 7.18. The third-order valence-electron chi connectivity index (χ3n) is 4.65. The maximum absolute atomic E-state index is 11.8. The van der Waals surface area contributed by atoms with Gasteiger partial charge in [-0.3, -0.25) is 0 Å². The van der Waals surface area contributed by atoms with E-state index in [1.807, 2.05) is 42.5 Å². The van der Waals surface area contributed by atoms with Crippen molar-refractivity contribution in [2.45, 2.75) is 6.92 Å². The Kier molecular flexibility index (Phi) is 4.02. The molecular weight excluding hydrogens is 372 g/mol. The third-order valence-corrected chi connectivity index (χ3v) is 5.69. The zero-order valence-corrected chi connectivity index (χ0v) is 15.9. The van der Waals surface area contributed by atoms with Crippen molar-refractivity contribution in [3.05, 3.63) is 66.7 Å². The van der Waals surface area contributed by atoms with E-state index in [0.29, 0.717) is 5.06 Å². The van der Waals surface area contributed by atoms with Gasteiger partial charge in [0.05, 0.1) is 6.61 Å². The van der Waals surface area contributed by atoms with Crippen LogP contribution in [0.2, 0.25) is 0 Å². The minimum absolute atomic E-state index is 0.273. The summed E-state index contributed by atoms with van der Waals surface area (Å²) in [5.41, 5.74) is 2.93. The van der Waals surface area contributed by atoms with Crippen molar-refractivity contribution in [1.29, 1.82) is 0 Å². The lowest BCUT2D eigenvalue weighted by atomic mass is 10.0. The Hall–Kier alpha value is -3.31. The molecule has 0 spiro atoms. The van der Waals surface area contributed by atoms with E-state index in [1.165, 1.54) is 11.3 Å². The van der Waals surface area contributed by atoms with Crippen LogP contribution in [0.5, 0.6) is 16.6 Å². The van der Waals surface area contributed by atoms with Gasteiger partial charge in [-0.25, -0.2) is 4.79 Å². The number of ether oxygens (including phenoxy) is 3. The second-order valence-corrected chi connectivity index (χ2v) is 7.40. The molecule has 1 aliphatic heterocycles. The molecule has 1 aromatic heterocycles. The lowest BCUT2D eigenvalue weighted by Crippen LogP contribution is -2.08. The molecule has 3 aromatic carbocycles. The van der Waals surface area contributed by atoms with Crippen LogP contribution in [0.4, 0.5) is 4.79 Å². The number of para-hydroxylation sites is 1. The molecule has 28 heavy (non-hydrogen) atoms. The standard InChI is InChI=1S/C23H16O4S/c1-2-25-23(24)27-21-13-17-16-9-5-6-10-19(16)26-20-12-15-8-4-3-7-14(15)11-18(20)22(17)28-21/h3-13H,2H2,1H3.